The van der Waals surface area contributed by atoms with Crippen LogP contribution < -0.4 is 9.80 Å². The van der Waals surface area contributed by atoms with Crippen molar-refractivity contribution in [2.24, 2.45) is 0 Å². The van der Waals surface area contributed by atoms with Gasteiger partial charge < -0.3 is 9.80 Å². The molecule has 1 aliphatic carbocycles. The van der Waals surface area contributed by atoms with Crippen molar-refractivity contribution in [3.8, 4) is 22.3 Å². The highest BCUT2D eigenvalue weighted by atomic mass is 15.1. The fraction of sp³-hybridized carbons (Fsp3) is 0.0698. The zero-order valence-electron chi connectivity index (χ0n) is 25.6. The van der Waals surface area contributed by atoms with E-state index in [1.165, 1.54) is 39.2 Å². The van der Waals surface area contributed by atoms with Crippen LogP contribution in [0.25, 0.3) is 22.3 Å². The summed E-state index contributed by atoms with van der Waals surface area (Å²) in [6.45, 7) is 2.12. The third kappa shape index (κ3) is 6.23. The molecule has 0 heterocycles. The van der Waals surface area contributed by atoms with Gasteiger partial charge in [-0.3, -0.25) is 0 Å². The lowest BCUT2D eigenvalue weighted by atomic mass is 10.0. The average Bonchev–Trinajstić information content (AvgIpc) is 3.11. The molecule has 0 aliphatic heterocycles. The molecule has 2 heteroatoms. The molecule has 6 aromatic carbocycles. The Morgan fingerprint density at radius 2 is 0.756 bits per heavy atom. The van der Waals surface area contributed by atoms with Crippen LogP contribution in [0.15, 0.2) is 182 Å². The smallest absolute Gasteiger partial charge is 0.0462 e. The van der Waals surface area contributed by atoms with Crippen LogP contribution in [-0.2, 0) is 0 Å². The summed E-state index contributed by atoms with van der Waals surface area (Å²) in [4.78, 5) is 4.65. The first-order valence-corrected chi connectivity index (χ1v) is 15.7. The molecule has 0 N–H and O–H groups in total. The van der Waals surface area contributed by atoms with Crippen molar-refractivity contribution in [1.82, 2.24) is 0 Å². The van der Waals surface area contributed by atoms with E-state index in [-0.39, 0.29) is 0 Å². The summed E-state index contributed by atoms with van der Waals surface area (Å²) < 4.78 is 0. The summed E-state index contributed by atoms with van der Waals surface area (Å²) in [5.41, 5.74) is 13.0. The number of hydrogen-bond donors (Lipinski definition) is 0. The van der Waals surface area contributed by atoms with Crippen molar-refractivity contribution >= 4 is 28.4 Å². The molecule has 0 unspecified atom stereocenters. The second-order valence-corrected chi connectivity index (χ2v) is 11.5. The van der Waals surface area contributed by atoms with Crippen LogP contribution in [0.1, 0.15) is 18.4 Å². The lowest BCUT2D eigenvalue weighted by Gasteiger charge is -2.28. The molecule has 0 spiro atoms. The Labute approximate surface area is 266 Å². The molecule has 0 amide bonds. The summed E-state index contributed by atoms with van der Waals surface area (Å²) in [5, 5.41) is 0. The molecule has 0 saturated carbocycles. The first kappa shape index (κ1) is 28.2. The van der Waals surface area contributed by atoms with Gasteiger partial charge in [0.15, 0.2) is 0 Å². The van der Waals surface area contributed by atoms with Crippen LogP contribution in [0.4, 0.5) is 28.4 Å². The zero-order chi connectivity index (χ0) is 30.4. The standard InChI is InChI=1S/C43H36N2/c1-33-17-19-34(20-18-33)35-21-29-42(30-22-35)45(40-15-9-4-10-16-40)43-31-25-37(26-32-43)36-23-27-41(28-24-36)44(38-11-5-2-6-12-38)39-13-7-3-8-14-39/h2,4-7,9-32H,3,8H2,1H3. The van der Waals surface area contributed by atoms with Gasteiger partial charge in [0, 0.05) is 34.1 Å². The van der Waals surface area contributed by atoms with Crippen molar-refractivity contribution < 1.29 is 0 Å². The van der Waals surface area contributed by atoms with Gasteiger partial charge in [0.25, 0.3) is 0 Å². The molecule has 7 rings (SSSR count). The second-order valence-electron chi connectivity index (χ2n) is 11.5. The molecule has 0 radical (unpaired) electrons. The third-order valence-electron chi connectivity index (χ3n) is 8.36. The highest BCUT2D eigenvalue weighted by Gasteiger charge is 2.15. The quantitative estimate of drug-likeness (QED) is 0.177. The fourth-order valence-corrected chi connectivity index (χ4v) is 5.97. The molecule has 2 nitrogen and oxygen atoms in total. The Balaban J connectivity index is 1.17. The zero-order valence-corrected chi connectivity index (χ0v) is 25.6. The molecule has 0 saturated heterocycles. The molecule has 45 heavy (non-hydrogen) atoms. The van der Waals surface area contributed by atoms with Gasteiger partial charge in [-0.15, -0.1) is 0 Å². The van der Waals surface area contributed by atoms with Crippen LogP contribution in [0.3, 0.4) is 0 Å². The molecular formula is C43H36N2. The number of nitrogens with zero attached hydrogens (tertiary/aromatic N) is 2. The second kappa shape index (κ2) is 13.0. The molecule has 0 fully saturated rings. The van der Waals surface area contributed by atoms with E-state index in [9.17, 15) is 0 Å². The van der Waals surface area contributed by atoms with Crippen LogP contribution in [-0.4, -0.2) is 0 Å². The Hall–Kier alpha value is -5.60. The Kier molecular flexibility index (Phi) is 8.11. The van der Waals surface area contributed by atoms with Crippen molar-refractivity contribution in [2.45, 2.75) is 19.8 Å². The number of hydrogen-bond acceptors (Lipinski definition) is 2. The van der Waals surface area contributed by atoms with E-state index in [1.807, 2.05) is 0 Å². The lowest BCUT2D eigenvalue weighted by molar-refractivity contribution is 0.997. The van der Waals surface area contributed by atoms with E-state index in [2.05, 4.69) is 193 Å². The minimum Gasteiger partial charge on any atom is -0.311 e. The summed E-state index contributed by atoms with van der Waals surface area (Å²) >= 11 is 0. The largest absolute Gasteiger partial charge is 0.311 e. The van der Waals surface area contributed by atoms with Gasteiger partial charge in [-0.1, -0.05) is 115 Å². The summed E-state index contributed by atoms with van der Waals surface area (Å²) in [5.74, 6) is 0. The monoisotopic (exact) mass is 580 g/mol. The topological polar surface area (TPSA) is 6.48 Å². The Morgan fingerprint density at radius 3 is 1.18 bits per heavy atom. The fourth-order valence-electron chi connectivity index (χ4n) is 5.97. The van der Waals surface area contributed by atoms with Gasteiger partial charge in [0.2, 0.25) is 0 Å². The van der Waals surface area contributed by atoms with Gasteiger partial charge in [-0.2, -0.15) is 0 Å². The van der Waals surface area contributed by atoms with Crippen molar-refractivity contribution in [3.63, 3.8) is 0 Å². The molecule has 0 bridgehead atoms. The van der Waals surface area contributed by atoms with Crippen LogP contribution in [0, 0.1) is 6.92 Å². The maximum Gasteiger partial charge on any atom is 0.0462 e. The molecule has 0 atom stereocenters. The van der Waals surface area contributed by atoms with Gasteiger partial charge in [0.05, 0.1) is 0 Å². The van der Waals surface area contributed by atoms with E-state index >= 15 is 0 Å². The first-order valence-electron chi connectivity index (χ1n) is 15.7. The number of anilines is 5. The number of benzene rings is 6. The van der Waals surface area contributed by atoms with E-state index < -0.39 is 0 Å². The summed E-state index contributed by atoms with van der Waals surface area (Å²) in [7, 11) is 0. The highest BCUT2D eigenvalue weighted by molar-refractivity contribution is 5.80. The van der Waals surface area contributed by atoms with Gasteiger partial charge in [0.1, 0.15) is 0 Å². The molecular weight excluding hydrogens is 544 g/mol. The van der Waals surface area contributed by atoms with Crippen molar-refractivity contribution in [3.05, 3.63) is 187 Å². The number of aryl methyl sites for hydroxylation is 1. The van der Waals surface area contributed by atoms with Crippen LogP contribution >= 0.6 is 0 Å². The number of para-hydroxylation sites is 2. The maximum atomic E-state index is 2.34. The highest BCUT2D eigenvalue weighted by Crippen LogP contribution is 2.37. The molecule has 0 aromatic heterocycles. The van der Waals surface area contributed by atoms with E-state index in [0.29, 0.717) is 0 Å². The van der Waals surface area contributed by atoms with Crippen molar-refractivity contribution in [2.75, 3.05) is 9.80 Å². The predicted molar refractivity (Wildman–Crippen MR) is 192 cm³/mol. The Bertz CT molecular complexity index is 1900. The average molecular weight is 581 g/mol. The Morgan fingerprint density at radius 1 is 0.378 bits per heavy atom. The summed E-state index contributed by atoms with van der Waals surface area (Å²) in [6, 6.07) is 56.5. The molecule has 218 valence electrons. The third-order valence-corrected chi connectivity index (χ3v) is 8.36. The van der Waals surface area contributed by atoms with E-state index in [4.69, 9.17) is 0 Å². The van der Waals surface area contributed by atoms with Crippen LogP contribution in [0.5, 0.6) is 0 Å². The minimum absolute atomic E-state index is 1.07. The SMILES string of the molecule is Cc1ccc(-c2ccc(N(c3ccccc3)c3ccc(-c4ccc(N(C5=CCCC=C5)c5ccccc5)cc4)cc3)cc2)cc1. The van der Waals surface area contributed by atoms with Crippen molar-refractivity contribution in [1.29, 1.82) is 0 Å². The van der Waals surface area contributed by atoms with Crippen LogP contribution in [0.2, 0.25) is 0 Å². The minimum atomic E-state index is 1.07. The normalized spacial score (nSPS) is 12.4. The predicted octanol–water partition coefficient (Wildman–Crippen LogP) is 12.2. The van der Waals surface area contributed by atoms with Gasteiger partial charge >= 0.3 is 0 Å². The van der Waals surface area contributed by atoms with E-state index in [0.717, 1.165) is 35.6 Å². The van der Waals surface area contributed by atoms with Gasteiger partial charge in [-0.25, -0.2) is 0 Å². The molecule has 6 aromatic rings. The maximum absolute atomic E-state index is 2.34. The number of allylic oxidation sites excluding steroid dienone is 3. The van der Waals surface area contributed by atoms with E-state index in [1.54, 1.807) is 0 Å². The number of rotatable bonds is 8. The van der Waals surface area contributed by atoms with Gasteiger partial charge in [-0.05, 0) is 109 Å². The molecule has 1 aliphatic rings. The first-order chi connectivity index (χ1) is 22.2. The lowest BCUT2D eigenvalue weighted by Crippen LogP contribution is -2.16. The summed E-state index contributed by atoms with van der Waals surface area (Å²) in [6.07, 6.45) is 8.99.